The lowest BCUT2D eigenvalue weighted by atomic mass is 10.2. The van der Waals surface area contributed by atoms with Gasteiger partial charge in [0, 0.05) is 10.6 Å². The summed E-state index contributed by atoms with van der Waals surface area (Å²) in [5.41, 5.74) is 0.760. The van der Waals surface area contributed by atoms with Crippen molar-refractivity contribution in [3.8, 4) is 11.4 Å². The molecule has 106 valence electrons. The highest BCUT2D eigenvalue weighted by atomic mass is 35.5. The molecule has 0 amide bonds. The molecule has 0 unspecified atom stereocenters. The van der Waals surface area contributed by atoms with Crippen LogP contribution in [0.3, 0.4) is 0 Å². The number of hydrogen-bond acceptors (Lipinski definition) is 6. The normalized spacial score (nSPS) is 10.5. The van der Waals surface area contributed by atoms with Crippen molar-refractivity contribution < 1.29 is 9.53 Å². The summed E-state index contributed by atoms with van der Waals surface area (Å²) in [5.74, 6) is 6.23. The number of halogens is 1. The van der Waals surface area contributed by atoms with Crippen LogP contribution >= 0.6 is 23.4 Å². The van der Waals surface area contributed by atoms with Crippen molar-refractivity contribution in [3.63, 3.8) is 0 Å². The first-order valence-electron chi connectivity index (χ1n) is 5.86. The summed E-state index contributed by atoms with van der Waals surface area (Å²) in [6, 6.07) is 7.14. The predicted octanol–water partition coefficient (Wildman–Crippen LogP) is 1.97. The monoisotopic (exact) mass is 312 g/mol. The summed E-state index contributed by atoms with van der Waals surface area (Å²) >= 11 is 7.10. The first-order valence-corrected chi connectivity index (χ1v) is 7.23. The molecule has 0 fully saturated rings. The highest BCUT2D eigenvalue weighted by molar-refractivity contribution is 7.99. The van der Waals surface area contributed by atoms with Crippen LogP contribution < -0.4 is 5.84 Å². The molecule has 0 atom stereocenters. The van der Waals surface area contributed by atoms with Gasteiger partial charge in [-0.3, -0.25) is 4.79 Å². The molecule has 1 aromatic heterocycles. The SMILES string of the molecule is CCOC(=O)CSc1nnc(-c2cccc(Cl)c2)n1N. The summed E-state index contributed by atoms with van der Waals surface area (Å²) in [4.78, 5) is 11.3. The number of aromatic nitrogens is 3. The molecule has 1 aromatic carbocycles. The molecule has 0 saturated carbocycles. The highest BCUT2D eigenvalue weighted by Crippen LogP contribution is 2.23. The topological polar surface area (TPSA) is 83.0 Å². The standard InChI is InChI=1S/C12H13ClN4O2S/c1-2-19-10(18)7-20-12-16-15-11(17(12)14)8-4-3-5-9(13)6-8/h3-6H,2,7,14H2,1H3. The Hall–Kier alpha value is -1.73. The first-order chi connectivity index (χ1) is 9.61. The van der Waals surface area contributed by atoms with Crippen LogP contribution in [0.5, 0.6) is 0 Å². The van der Waals surface area contributed by atoms with E-state index in [9.17, 15) is 4.79 Å². The summed E-state index contributed by atoms with van der Waals surface area (Å²) in [6.45, 7) is 2.10. The largest absolute Gasteiger partial charge is 0.465 e. The summed E-state index contributed by atoms with van der Waals surface area (Å²) in [6.07, 6.45) is 0. The fraction of sp³-hybridized carbons (Fsp3) is 0.250. The fourth-order valence-electron chi connectivity index (χ4n) is 1.53. The maximum atomic E-state index is 11.3. The number of thioether (sulfide) groups is 1. The van der Waals surface area contributed by atoms with E-state index in [1.807, 2.05) is 6.07 Å². The number of hydrogen-bond donors (Lipinski definition) is 1. The van der Waals surface area contributed by atoms with E-state index in [2.05, 4.69) is 10.2 Å². The van der Waals surface area contributed by atoms with Crippen LogP contribution in [0.15, 0.2) is 29.4 Å². The molecule has 20 heavy (non-hydrogen) atoms. The van der Waals surface area contributed by atoms with Crippen LogP contribution in [-0.4, -0.2) is 33.2 Å². The van der Waals surface area contributed by atoms with Gasteiger partial charge >= 0.3 is 5.97 Å². The molecule has 2 N–H and O–H groups in total. The van der Waals surface area contributed by atoms with Gasteiger partial charge in [-0.05, 0) is 19.1 Å². The van der Waals surface area contributed by atoms with Gasteiger partial charge in [-0.1, -0.05) is 35.5 Å². The van der Waals surface area contributed by atoms with Crippen LogP contribution in [0.4, 0.5) is 0 Å². The summed E-state index contributed by atoms with van der Waals surface area (Å²) < 4.78 is 6.16. The molecule has 0 bridgehead atoms. The second-order valence-electron chi connectivity index (χ2n) is 3.78. The molecule has 0 aliphatic heterocycles. The van der Waals surface area contributed by atoms with Gasteiger partial charge in [0.2, 0.25) is 5.16 Å². The zero-order valence-electron chi connectivity index (χ0n) is 10.7. The zero-order valence-corrected chi connectivity index (χ0v) is 12.3. The van der Waals surface area contributed by atoms with Gasteiger partial charge in [0.05, 0.1) is 12.4 Å². The van der Waals surface area contributed by atoms with E-state index in [1.54, 1.807) is 25.1 Å². The van der Waals surface area contributed by atoms with E-state index in [1.165, 1.54) is 16.4 Å². The predicted molar refractivity (Wildman–Crippen MR) is 78.0 cm³/mol. The number of benzene rings is 1. The Bertz CT molecular complexity index is 617. The average Bonchev–Trinajstić information content (AvgIpc) is 2.78. The number of nitrogen functional groups attached to an aromatic ring is 1. The number of rotatable bonds is 5. The Morgan fingerprint density at radius 1 is 1.50 bits per heavy atom. The Morgan fingerprint density at radius 2 is 2.30 bits per heavy atom. The number of nitrogens with zero attached hydrogens (tertiary/aromatic N) is 3. The van der Waals surface area contributed by atoms with E-state index < -0.39 is 0 Å². The van der Waals surface area contributed by atoms with Crippen molar-refractivity contribution in [1.82, 2.24) is 14.9 Å². The molecule has 0 saturated heterocycles. The van der Waals surface area contributed by atoms with Gasteiger partial charge in [-0.15, -0.1) is 10.2 Å². The lowest BCUT2D eigenvalue weighted by molar-refractivity contribution is -0.139. The summed E-state index contributed by atoms with van der Waals surface area (Å²) in [5, 5.41) is 8.99. The maximum Gasteiger partial charge on any atom is 0.316 e. The molecule has 0 aliphatic carbocycles. The van der Waals surface area contributed by atoms with Gasteiger partial charge < -0.3 is 10.6 Å². The molecular formula is C12H13ClN4O2S. The molecule has 0 radical (unpaired) electrons. The van der Waals surface area contributed by atoms with Gasteiger partial charge in [0.1, 0.15) is 0 Å². The number of nitrogens with two attached hydrogens (primary N) is 1. The molecule has 0 spiro atoms. The first kappa shape index (κ1) is 14.7. The Labute approximate surface area is 125 Å². The van der Waals surface area contributed by atoms with Crippen LogP contribution in [0.1, 0.15) is 6.92 Å². The van der Waals surface area contributed by atoms with E-state index in [0.29, 0.717) is 22.6 Å². The van der Waals surface area contributed by atoms with Gasteiger partial charge in [0.25, 0.3) is 0 Å². The molecule has 1 heterocycles. The molecule has 6 nitrogen and oxygen atoms in total. The van der Waals surface area contributed by atoms with Crippen molar-refractivity contribution in [2.45, 2.75) is 12.1 Å². The molecule has 8 heteroatoms. The van der Waals surface area contributed by atoms with Crippen LogP contribution in [0, 0.1) is 0 Å². The van der Waals surface area contributed by atoms with Gasteiger partial charge in [0.15, 0.2) is 5.82 Å². The minimum Gasteiger partial charge on any atom is -0.465 e. The highest BCUT2D eigenvalue weighted by Gasteiger charge is 2.14. The molecule has 0 aliphatic rings. The lowest BCUT2D eigenvalue weighted by Crippen LogP contribution is -2.13. The Balaban J connectivity index is 2.13. The van der Waals surface area contributed by atoms with Crippen molar-refractivity contribution in [1.29, 1.82) is 0 Å². The quantitative estimate of drug-likeness (QED) is 0.516. The second kappa shape index (κ2) is 6.62. The smallest absolute Gasteiger partial charge is 0.316 e. The van der Waals surface area contributed by atoms with Crippen molar-refractivity contribution >= 4 is 29.3 Å². The number of carbonyl (C=O) groups excluding carboxylic acids is 1. The van der Waals surface area contributed by atoms with E-state index >= 15 is 0 Å². The fourth-order valence-corrected chi connectivity index (χ4v) is 2.37. The molecule has 2 rings (SSSR count). The second-order valence-corrected chi connectivity index (χ2v) is 5.16. The van der Waals surface area contributed by atoms with Crippen molar-refractivity contribution in [2.75, 3.05) is 18.2 Å². The third-order valence-electron chi connectivity index (χ3n) is 2.37. The lowest BCUT2D eigenvalue weighted by Gasteiger charge is -2.04. The van der Waals surface area contributed by atoms with E-state index in [0.717, 1.165) is 5.56 Å². The third-order valence-corrected chi connectivity index (χ3v) is 3.52. The number of carbonyl (C=O) groups is 1. The minimum atomic E-state index is -0.315. The third kappa shape index (κ3) is 3.43. The van der Waals surface area contributed by atoms with Crippen molar-refractivity contribution in [3.05, 3.63) is 29.3 Å². The molecular weight excluding hydrogens is 300 g/mol. The van der Waals surface area contributed by atoms with E-state index in [4.69, 9.17) is 22.2 Å². The average molecular weight is 313 g/mol. The van der Waals surface area contributed by atoms with Gasteiger partial charge in [-0.25, -0.2) is 4.68 Å². The summed E-state index contributed by atoms with van der Waals surface area (Å²) in [7, 11) is 0. The number of ether oxygens (including phenoxy) is 1. The Kier molecular flexibility index (Phi) is 4.86. The van der Waals surface area contributed by atoms with Crippen LogP contribution in [0.25, 0.3) is 11.4 Å². The Morgan fingerprint density at radius 3 is 3.00 bits per heavy atom. The zero-order chi connectivity index (χ0) is 14.5. The van der Waals surface area contributed by atoms with Crippen LogP contribution in [-0.2, 0) is 9.53 Å². The number of esters is 1. The van der Waals surface area contributed by atoms with E-state index in [-0.39, 0.29) is 11.7 Å². The van der Waals surface area contributed by atoms with Gasteiger partial charge in [-0.2, -0.15) is 0 Å². The van der Waals surface area contributed by atoms with Crippen molar-refractivity contribution in [2.24, 2.45) is 0 Å². The minimum absolute atomic E-state index is 0.138. The van der Waals surface area contributed by atoms with Crippen LogP contribution in [0.2, 0.25) is 5.02 Å². The molecule has 2 aromatic rings. The maximum absolute atomic E-state index is 11.3.